The van der Waals surface area contributed by atoms with Gasteiger partial charge in [0.1, 0.15) is 0 Å². The Balaban J connectivity index is 3.26. The lowest BCUT2D eigenvalue weighted by molar-refractivity contribution is -0.136. The van der Waals surface area contributed by atoms with Crippen molar-refractivity contribution in [3.8, 4) is 11.8 Å². The van der Waals surface area contributed by atoms with Crippen LogP contribution in [-0.4, -0.2) is 11.1 Å². The SMILES string of the molecule is CC#Cc1cc(Br)c(CC(=O)O)c(CC)c1. The summed E-state index contributed by atoms with van der Waals surface area (Å²) in [7, 11) is 0. The first kappa shape index (κ1) is 12.8. The van der Waals surface area contributed by atoms with Crippen molar-refractivity contribution < 1.29 is 9.90 Å². The van der Waals surface area contributed by atoms with Crippen molar-refractivity contribution in [2.45, 2.75) is 26.7 Å². The molecule has 84 valence electrons. The highest BCUT2D eigenvalue weighted by atomic mass is 79.9. The van der Waals surface area contributed by atoms with Gasteiger partial charge in [-0.3, -0.25) is 4.79 Å². The molecule has 0 aliphatic heterocycles. The number of rotatable bonds is 3. The Morgan fingerprint density at radius 2 is 2.19 bits per heavy atom. The summed E-state index contributed by atoms with van der Waals surface area (Å²) in [6.45, 7) is 3.79. The van der Waals surface area contributed by atoms with Crippen LogP contribution in [0.25, 0.3) is 0 Å². The molecule has 0 aliphatic carbocycles. The van der Waals surface area contributed by atoms with Gasteiger partial charge in [-0.2, -0.15) is 0 Å². The highest BCUT2D eigenvalue weighted by Gasteiger charge is 2.10. The van der Waals surface area contributed by atoms with Gasteiger partial charge in [0.2, 0.25) is 0 Å². The van der Waals surface area contributed by atoms with Gasteiger partial charge in [0, 0.05) is 10.0 Å². The molecule has 0 saturated heterocycles. The minimum absolute atomic E-state index is 0.0452. The molecule has 16 heavy (non-hydrogen) atoms. The lowest BCUT2D eigenvalue weighted by atomic mass is 9.99. The molecule has 1 aromatic carbocycles. The van der Waals surface area contributed by atoms with Gasteiger partial charge in [-0.15, -0.1) is 5.92 Å². The van der Waals surface area contributed by atoms with E-state index in [1.165, 1.54) is 0 Å². The van der Waals surface area contributed by atoms with Crippen LogP contribution in [0.15, 0.2) is 16.6 Å². The molecule has 3 heteroatoms. The van der Waals surface area contributed by atoms with Crippen LogP contribution in [0.4, 0.5) is 0 Å². The molecule has 2 nitrogen and oxygen atoms in total. The average molecular weight is 281 g/mol. The van der Waals surface area contributed by atoms with Crippen LogP contribution in [0.1, 0.15) is 30.5 Å². The maximum Gasteiger partial charge on any atom is 0.307 e. The summed E-state index contributed by atoms with van der Waals surface area (Å²) in [5.74, 6) is 5.00. The van der Waals surface area contributed by atoms with E-state index in [-0.39, 0.29) is 6.42 Å². The fourth-order valence-corrected chi connectivity index (χ4v) is 2.22. The number of benzene rings is 1. The van der Waals surface area contributed by atoms with Crippen LogP contribution in [0, 0.1) is 11.8 Å². The van der Waals surface area contributed by atoms with Crippen molar-refractivity contribution in [3.63, 3.8) is 0 Å². The molecule has 0 atom stereocenters. The van der Waals surface area contributed by atoms with Crippen LogP contribution in [-0.2, 0) is 17.6 Å². The molecule has 0 heterocycles. The van der Waals surface area contributed by atoms with Gasteiger partial charge in [-0.25, -0.2) is 0 Å². The standard InChI is InChI=1S/C13H13BrO2/c1-3-5-9-6-10(4-2)11(8-13(15)16)12(14)7-9/h6-7H,4,8H2,1-2H3,(H,15,16). The van der Waals surface area contributed by atoms with Crippen LogP contribution in [0.3, 0.4) is 0 Å². The Bertz CT molecular complexity index is 467. The predicted molar refractivity (Wildman–Crippen MR) is 67.4 cm³/mol. The summed E-state index contributed by atoms with van der Waals surface area (Å²) in [5.41, 5.74) is 2.80. The Hall–Kier alpha value is -1.27. The zero-order valence-corrected chi connectivity index (χ0v) is 10.9. The number of hydrogen-bond acceptors (Lipinski definition) is 1. The molecule has 0 bridgehead atoms. The molecule has 0 aromatic heterocycles. The zero-order chi connectivity index (χ0) is 12.1. The fraction of sp³-hybridized carbons (Fsp3) is 0.308. The summed E-state index contributed by atoms with van der Waals surface area (Å²) < 4.78 is 0.826. The van der Waals surface area contributed by atoms with Gasteiger partial charge >= 0.3 is 5.97 Å². The molecule has 0 aliphatic rings. The first-order valence-corrected chi connectivity index (χ1v) is 5.83. The average Bonchev–Trinajstić information content (AvgIpc) is 2.21. The third kappa shape index (κ3) is 3.11. The van der Waals surface area contributed by atoms with E-state index in [1.807, 2.05) is 19.1 Å². The maximum atomic E-state index is 10.8. The third-order valence-corrected chi connectivity index (χ3v) is 2.97. The number of carboxylic acid groups (broad SMARTS) is 1. The summed E-state index contributed by atoms with van der Waals surface area (Å²) in [6.07, 6.45) is 0.851. The van der Waals surface area contributed by atoms with Crippen molar-refractivity contribution in [3.05, 3.63) is 33.3 Å². The predicted octanol–water partition coefficient (Wildman–Crippen LogP) is 3.01. The number of carbonyl (C=O) groups is 1. The van der Waals surface area contributed by atoms with Crippen LogP contribution in [0.2, 0.25) is 0 Å². The van der Waals surface area contributed by atoms with E-state index in [2.05, 4.69) is 27.8 Å². The molecule has 0 amide bonds. The Labute approximate surface area is 104 Å². The Kier molecular flexibility index (Phi) is 4.57. The first-order valence-electron chi connectivity index (χ1n) is 5.04. The van der Waals surface area contributed by atoms with E-state index in [0.717, 1.165) is 27.6 Å². The van der Waals surface area contributed by atoms with Gasteiger partial charge in [0.05, 0.1) is 6.42 Å². The minimum atomic E-state index is -0.815. The highest BCUT2D eigenvalue weighted by Crippen LogP contribution is 2.24. The largest absolute Gasteiger partial charge is 0.481 e. The molecule has 1 rings (SSSR count). The van der Waals surface area contributed by atoms with E-state index < -0.39 is 5.97 Å². The van der Waals surface area contributed by atoms with Gasteiger partial charge in [-0.05, 0) is 36.6 Å². The number of aryl methyl sites for hydroxylation is 1. The number of hydrogen-bond donors (Lipinski definition) is 1. The van der Waals surface area contributed by atoms with Crippen molar-refractivity contribution in [2.24, 2.45) is 0 Å². The normalized spacial score (nSPS) is 9.44. The van der Waals surface area contributed by atoms with Crippen molar-refractivity contribution in [1.82, 2.24) is 0 Å². The van der Waals surface area contributed by atoms with E-state index in [9.17, 15) is 4.79 Å². The second-order valence-corrected chi connectivity index (χ2v) is 4.25. The zero-order valence-electron chi connectivity index (χ0n) is 9.30. The Morgan fingerprint density at radius 1 is 1.50 bits per heavy atom. The molecule has 1 N–H and O–H groups in total. The van der Waals surface area contributed by atoms with Crippen molar-refractivity contribution in [1.29, 1.82) is 0 Å². The smallest absolute Gasteiger partial charge is 0.307 e. The lowest BCUT2D eigenvalue weighted by Crippen LogP contribution is -2.04. The summed E-state index contributed by atoms with van der Waals surface area (Å²) >= 11 is 3.41. The molecular weight excluding hydrogens is 268 g/mol. The van der Waals surface area contributed by atoms with Gasteiger partial charge < -0.3 is 5.11 Å². The lowest BCUT2D eigenvalue weighted by Gasteiger charge is -2.09. The summed E-state index contributed by atoms with van der Waals surface area (Å²) in [6, 6.07) is 3.83. The van der Waals surface area contributed by atoms with Crippen molar-refractivity contribution >= 4 is 21.9 Å². The number of carboxylic acids is 1. The monoisotopic (exact) mass is 280 g/mol. The topological polar surface area (TPSA) is 37.3 Å². The molecule has 0 spiro atoms. The van der Waals surface area contributed by atoms with E-state index in [1.54, 1.807) is 6.92 Å². The van der Waals surface area contributed by atoms with Gasteiger partial charge in [0.15, 0.2) is 0 Å². The molecule has 0 radical (unpaired) electrons. The molecular formula is C13H13BrO2. The number of aliphatic carboxylic acids is 1. The van der Waals surface area contributed by atoms with Crippen LogP contribution in [0.5, 0.6) is 0 Å². The fourth-order valence-electron chi connectivity index (χ4n) is 1.57. The Morgan fingerprint density at radius 3 is 2.69 bits per heavy atom. The third-order valence-electron chi connectivity index (χ3n) is 2.27. The van der Waals surface area contributed by atoms with Crippen molar-refractivity contribution in [2.75, 3.05) is 0 Å². The first-order chi connectivity index (χ1) is 7.58. The minimum Gasteiger partial charge on any atom is -0.481 e. The summed E-state index contributed by atoms with van der Waals surface area (Å²) in [5, 5.41) is 8.84. The van der Waals surface area contributed by atoms with E-state index in [4.69, 9.17) is 5.11 Å². The van der Waals surface area contributed by atoms with E-state index in [0.29, 0.717) is 0 Å². The quantitative estimate of drug-likeness (QED) is 0.865. The van der Waals surface area contributed by atoms with E-state index >= 15 is 0 Å². The maximum absolute atomic E-state index is 10.8. The second kappa shape index (κ2) is 5.72. The van der Waals surface area contributed by atoms with Gasteiger partial charge in [0.25, 0.3) is 0 Å². The van der Waals surface area contributed by atoms with Crippen LogP contribution >= 0.6 is 15.9 Å². The second-order valence-electron chi connectivity index (χ2n) is 3.39. The van der Waals surface area contributed by atoms with Gasteiger partial charge in [-0.1, -0.05) is 28.8 Å². The molecule has 0 fully saturated rings. The summed E-state index contributed by atoms with van der Waals surface area (Å²) in [4.78, 5) is 10.8. The number of halogens is 1. The molecule has 0 unspecified atom stereocenters. The van der Waals surface area contributed by atoms with Crippen LogP contribution < -0.4 is 0 Å². The highest BCUT2D eigenvalue weighted by molar-refractivity contribution is 9.10. The molecule has 0 saturated carbocycles. The molecule has 1 aromatic rings.